The fraction of sp³-hybridized carbons (Fsp3) is 0.583. The molecule has 3 rings (SSSR count). The highest BCUT2D eigenvalue weighted by atomic mass is 16.2. The molecule has 0 radical (unpaired) electrons. The largest absolute Gasteiger partial charge is 0.354 e. The molecule has 1 saturated carbocycles. The van der Waals surface area contributed by atoms with Gasteiger partial charge in [-0.15, -0.1) is 0 Å². The monoisotopic (exact) mass is 427 g/mol. The maximum atomic E-state index is 12.6. The molecule has 2 N–H and O–H groups in total. The van der Waals surface area contributed by atoms with Gasteiger partial charge in [0, 0.05) is 31.6 Å². The van der Waals surface area contributed by atoms with Crippen molar-refractivity contribution in [1.29, 1.82) is 0 Å². The van der Waals surface area contributed by atoms with Gasteiger partial charge in [0.1, 0.15) is 0 Å². The average Bonchev–Trinajstić information content (AvgIpc) is 3.00. The molecule has 0 spiro atoms. The SMILES string of the molecule is CC(C)CN1C(=O)c2ccc(C(=O)NCCNC(=O)CCC3CCCCC3)cc2C1=O. The molecule has 7 nitrogen and oxygen atoms in total. The number of benzene rings is 1. The van der Waals surface area contributed by atoms with Crippen molar-refractivity contribution in [2.75, 3.05) is 19.6 Å². The highest BCUT2D eigenvalue weighted by Gasteiger charge is 2.36. The molecule has 0 atom stereocenters. The predicted molar refractivity (Wildman–Crippen MR) is 118 cm³/mol. The summed E-state index contributed by atoms with van der Waals surface area (Å²) in [7, 11) is 0. The number of hydrogen-bond donors (Lipinski definition) is 2. The van der Waals surface area contributed by atoms with Crippen LogP contribution in [0.2, 0.25) is 0 Å². The van der Waals surface area contributed by atoms with Crippen LogP contribution in [-0.4, -0.2) is 48.2 Å². The molecule has 2 aliphatic rings. The Balaban J connectivity index is 1.43. The van der Waals surface area contributed by atoms with Gasteiger partial charge in [-0.1, -0.05) is 46.0 Å². The quantitative estimate of drug-likeness (QED) is 0.467. The summed E-state index contributed by atoms with van der Waals surface area (Å²) in [5.41, 5.74) is 0.941. The van der Waals surface area contributed by atoms with E-state index >= 15 is 0 Å². The Bertz CT molecular complexity index is 843. The lowest BCUT2D eigenvalue weighted by Gasteiger charge is -2.20. The van der Waals surface area contributed by atoms with Gasteiger partial charge in [0.2, 0.25) is 5.91 Å². The van der Waals surface area contributed by atoms with Gasteiger partial charge in [0.25, 0.3) is 17.7 Å². The van der Waals surface area contributed by atoms with Crippen molar-refractivity contribution in [3.05, 3.63) is 34.9 Å². The van der Waals surface area contributed by atoms with E-state index in [-0.39, 0.29) is 35.1 Å². The maximum absolute atomic E-state index is 12.6. The number of fused-ring (bicyclic) bond motifs is 1. The lowest BCUT2D eigenvalue weighted by molar-refractivity contribution is -0.121. The van der Waals surface area contributed by atoms with Crippen molar-refractivity contribution in [3.63, 3.8) is 0 Å². The lowest BCUT2D eigenvalue weighted by atomic mass is 9.86. The molecule has 0 unspecified atom stereocenters. The van der Waals surface area contributed by atoms with Crippen molar-refractivity contribution in [2.45, 2.75) is 58.8 Å². The molecule has 1 fully saturated rings. The van der Waals surface area contributed by atoms with E-state index in [1.54, 1.807) is 6.07 Å². The zero-order valence-electron chi connectivity index (χ0n) is 18.5. The number of imide groups is 1. The van der Waals surface area contributed by atoms with Gasteiger partial charge in [0.15, 0.2) is 0 Å². The number of rotatable bonds is 9. The summed E-state index contributed by atoms with van der Waals surface area (Å²) >= 11 is 0. The molecule has 31 heavy (non-hydrogen) atoms. The van der Waals surface area contributed by atoms with Crippen molar-refractivity contribution in [2.24, 2.45) is 11.8 Å². The van der Waals surface area contributed by atoms with Crippen LogP contribution >= 0.6 is 0 Å². The fourth-order valence-corrected chi connectivity index (χ4v) is 4.34. The standard InChI is InChI=1S/C24H33N3O4/c1-16(2)15-27-23(30)19-10-9-18(14-20(19)24(27)31)22(29)26-13-12-25-21(28)11-8-17-6-4-3-5-7-17/h9-10,14,16-17H,3-8,11-13,15H2,1-2H3,(H,25,28)(H,26,29). The first-order valence-corrected chi connectivity index (χ1v) is 11.4. The van der Waals surface area contributed by atoms with Crippen LogP contribution in [0.25, 0.3) is 0 Å². The van der Waals surface area contributed by atoms with Crippen molar-refractivity contribution in [1.82, 2.24) is 15.5 Å². The Morgan fingerprint density at radius 1 is 1.00 bits per heavy atom. The first-order valence-electron chi connectivity index (χ1n) is 11.4. The van der Waals surface area contributed by atoms with E-state index < -0.39 is 0 Å². The first-order chi connectivity index (χ1) is 14.9. The van der Waals surface area contributed by atoms with Gasteiger partial charge >= 0.3 is 0 Å². The van der Waals surface area contributed by atoms with E-state index in [0.29, 0.717) is 43.1 Å². The van der Waals surface area contributed by atoms with Gasteiger partial charge in [-0.05, 0) is 36.5 Å². The Morgan fingerprint density at radius 2 is 1.68 bits per heavy atom. The molecule has 168 valence electrons. The number of carbonyl (C=O) groups excluding carboxylic acids is 4. The highest BCUT2D eigenvalue weighted by Crippen LogP contribution is 2.27. The molecule has 0 bridgehead atoms. The minimum absolute atomic E-state index is 0.0201. The molecular formula is C24H33N3O4. The van der Waals surface area contributed by atoms with Gasteiger partial charge in [-0.25, -0.2) is 0 Å². The Morgan fingerprint density at radius 3 is 2.39 bits per heavy atom. The molecule has 1 aliphatic heterocycles. The summed E-state index contributed by atoms with van der Waals surface area (Å²) in [6, 6.07) is 4.58. The molecule has 1 heterocycles. The minimum Gasteiger partial charge on any atom is -0.354 e. The molecule has 1 aromatic carbocycles. The second kappa shape index (κ2) is 10.6. The number of nitrogens with zero attached hydrogens (tertiary/aromatic N) is 1. The fourth-order valence-electron chi connectivity index (χ4n) is 4.34. The summed E-state index contributed by atoms with van der Waals surface area (Å²) in [6.07, 6.45) is 7.79. The molecule has 4 amide bonds. The van der Waals surface area contributed by atoms with Crippen LogP contribution in [0.3, 0.4) is 0 Å². The summed E-state index contributed by atoms with van der Waals surface area (Å²) in [4.78, 5) is 50.6. The van der Waals surface area contributed by atoms with Crippen LogP contribution in [0.15, 0.2) is 18.2 Å². The van der Waals surface area contributed by atoms with Crippen molar-refractivity contribution in [3.8, 4) is 0 Å². The second-order valence-electron chi connectivity index (χ2n) is 9.02. The molecule has 0 saturated heterocycles. The molecule has 0 aromatic heterocycles. The van der Waals surface area contributed by atoms with E-state index in [2.05, 4.69) is 10.6 Å². The third-order valence-electron chi connectivity index (χ3n) is 6.02. The van der Waals surface area contributed by atoms with E-state index in [1.165, 1.54) is 49.1 Å². The molecule has 1 aliphatic carbocycles. The number of amides is 4. The summed E-state index contributed by atoms with van der Waals surface area (Å²) < 4.78 is 0. The van der Waals surface area contributed by atoms with Crippen LogP contribution in [0.4, 0.5) is 0 Å². The van der Waals surface area contributed by atoms with Crippen LogP contribution in [0, 0.1) is 11.8 Å². The molecule has 1 aromatic rings. The lowest BCUT2D eigenvalue weighted by Crippen LogP contribution is -2.34. The topological polar surface area (TPSA) is 95.6 Å². The molecular weight excluding hydrogens is 394 g/mol. The maximum Gasteiger partial charge on any atom is 0.261 e. The molecule has 7 heteroatoms. The van der Waals surface area contributed by atoms with Crippen LogP contribution < -0.4 is 10.6 Å². The number of carbonyl (C=O) groups is 4. The van der Waals surface area contributed by atoms with Crippen molar-refractivity contribution < 1.29 is 19.2 Å². The van der Waals surface area contributed by atoms with E-state index in [1.807, 2.05) is 13.8 Å². The summed E-state index contributed by atoms with van der Waals surface area (Å²) in [5, 5.41) is 5.61. The number of nitrogens with one attached hydrogen (secondary N) is 2. The van der Waals surface area contributed by atoms with E-state index in [4.69, 9.17) is 0 Å². The summed E-state index contributed by atoms with van der Waals surface area (Å²) in [6.45, 7) is 4.90. The van der Waals surface area contributed by atoms with E-state index in [9.17, 15) is 19.2 Å². The third kappa shape index (κ3) is 5.93. The minimum atomic E-state index is -0.353. The average molecular weight is 428 g/mol. The highest BCUT2D eigenvalue weighted by molar-refractivity contribution is 6.22. The van der Waals surface area contributed by atoms with Crippen LogP contribution in [-0.2, 0) is 4.79 Å². The van der Waals surface area contributed by atoms with Crippen LogP contribution in [0.1, 0.15) is 89.9 Å². The van der Waals surface area contributed by atoms with Crippen molar-refractivity contribution >= 4 is 23.6 Å². The Labute approximate surface area is 183 Å². The summed E-state index contributed by atoms with van der Waals surface area (Å²) in [5.74, 6) is -0.133. The third-order valence-corrected chi connectivity index (χ3v) is 6.02. The second-order valence-corrected chi connectivity index (χ2v) is 9.02. The normalized spacial score (nSPS) is 16.5. The number of hydrogen-bond acceptors (Lipinski definition) is 4. The van der Waals surface area contributed by atoms with Gasteiger partial charge in [-0.2, -0.15) is 0 Å². The predicted octanol–water partition coefficient (Wildman–Crippen LogP) is 3.15. The van der Waals surface area contributed by atoms with Crippen LogP contribution in [0.5, 0.6) is 0 Å². The van der Waals surface area contributed by atoms with Gasteiger partial charge in [0.05, 0.1) is 11.1 Å². The Hall–Kier alpha value is -2.70. The zero-order valence-corrected chi connectivity index (χ0v) is 18.5. The first kappa shape index (κ1) is 23.0. The zero-order chi connectivity index (χ0) is 22.4. The van der Waals surface area contributed by atoms with E-state index in [0.717, 1.165) is 6.42 Å². The van der Waals surface area contributed by atoms with Gasteiger partial charge < -0.3 is 10.6 Å². The van der Waals surface area contributed by atoms with Gasteiger partial charge in [-0.3, -0.25) is 24.1 Å². The smallest absolute Gasteiger partial charge is 0.261 e. The Kier molecular flexibility index (Phi) is 7.82.